The number of nitrogens with zero attached hydrogens (tertiary/aromatic N) is 2. The van der Waals surface area contributed by atoms with Crippen molar-refractivity contribution >= 4 is 0 Å². The summed E-state index contributed by atoms with van der Waals surface area (Å²) in [7, 11) is 0. The van der Waals surface area contributed by atoms with Crippen molar-refractivity contribution in [2.45, 2.75) is 26.0 Å². The molecule has 5 nitrogen and oxygen atoms in total. The number of fused-ring (bicyclic) bond motifs is 1. The summed E-state index contributed by atoms with van der Waals surface area (Å²) in [6.45, 7) is 3.57. The van der Waals surface area contributed by atoms with Gasteiger partial charge in [-0.3, -0.25) is 4.68 Å². The van der Waals surface area contributed by atoms with E-state index in [0.29, 0.717) is 19.6 Å². The Kier molecular flexibility index (Phi) is 3.69. The van der Waals surface area contributed by atoms with E-state index in [1.165, 1.54) is 0 Å². The van der Waals surface area contributed by atoms with Gasteiger partial charge in [0.05, 0.1) is 24.3 Å². The maximum Gasteiger partial charge on any atom is 0.122 e. The van der Waals surface area contributed by atoms with E-state index in [0.717, 1.165) is 23.4 Å². The van der Waals surface area contributed by atoms with Gasteiger partial charge >= 0.3 is 0 Å². The van der Waals surface area contributed by atoms with Gasteiger partial charge in [-0.05, 0) is 25.0 Å². The maximum absolute atomic E-state index is 10.8. The first kappa shape index (κ1) is 14.1. The minimum atomic E-state index is -0.684. The SMILES string of the molecule is CCn1cc(C(O)C2(CN)COc3ccccc3C2)cn1. The second-order valence-electron chi connectivity index (χ2n) is 5.67. The number of aliphatic hydroxyl groups is 1. The Hall–Kier alpha value is -1.85. The molecule has 5 heteroatoms. The minimum absolute atomic E-state index is 0.361. The highest BCUT2D eigenvalue weighted by Crippen LogP contribution is 2.42. The van der Waals surface area contributed by atoms with E-state index in [4.69, 9.17) is 10.5 Å². The van der Waals surface area contributed by atoms with Crippen molar-refractivity contribution < 1.29 is 9.84 Å². The molecule has 0 saturated carbocycles. The molecule has 112 valence electrons. The van der Waals surface area contributed by atoms with Crippen LogP contribution in [0.1, 0.15) is 24.2 Å². The van der Waals surface area contributed by atoms with Crippen LogP contribution in [-0.2, 0) is 13.0 Å². The van der Waals surface area contributed by atoms with Crippen molar-refractivity contribution in [2.75, 3.05) is 13.2 Å². The largest absolute Gasteiger partial charge is 0.493 e. The van der Waals surface area contributed by atoms with Gasteiger partial charge in [0.15, 0.2) is 0 Å². The van der Waals surface area contributed by atoms with Gasteiger partial charge in [0.1, 0.15) is 5.75 Å². The van der Waals surface area contributed by atoms with E-state index < -0.39 is 11.5 Å². The topological polar surface area (TPSA) is 73.3 Å². The average Bonchev–Trinajstić information content (AvgIpc) is 3.02. The van der Waals surface area contributed by atoms with Crippen LogP contribution in [0.4, 0.5) is 0 Å². The summed E-state index contributed by atoms with van der Waals surface area (Å²) in [5.41, 5.74) is 7.39. The van der Waals surface area contributed by atoms with Crippen LogP contribution in [0.25, 0.3) is 0 Å². The van der Waals surface area contributed by atoms with Gasteiger partial charge in [-0.25, -0.2) is 0 Å². The number of rotatable bonds is 4. The predicted octanol–water partition coefficient (Wildman–Crippen LogP) is 1.52. The Balaban J connectivity index is 1.91. The predicted molar refractivity (Wildman–Crippen MR) is 80.0 cm³/mol. The van der Waals surface area contributed by atoms with Crippen LogP contribution in [0.2, 0.25) is 0 Å². The molecule has 2 heterocycles. The summed E-state index contributed by atoms with van der Waals surface area (Å²) in [4.78, 5) is 0. The van der Waals surface area contributed by atoms with Gasteiger partial charge in [0.2, 0.25) is 0 Å². The van der Waals surface area contributed by atoms with E-state index in [1.54, 1.807) is 10.9 Å². The third kappa shape index (κ3) is 2.43. The van der Waals surface area contributed by atoms with Gasteiger partial charge < -0.3 is 15.6 Å². The van der Waals surface area contributed by atoms with E-state index in [-0.39, 0.29) is 0 Å². The lowest BCUT2D eigenvalue weighted by Gasteiger charge is -2.40. The number of nitrogens with two attached hydrogens (primary N) is 1. The molecule has 0 aliphatic carbocycles. The highest BCUT2D eigenvalue weighted by atomic mass is 16.5. The summed E-state index contributed by atoms with van der Waals surface area (Å²) in [5.74, 6) is 0.887. The molecule has 0 spiro atoms. The summed E-state index contributed by atoms with van der Waals surface area (Å²) in [5, 5.41) is 15.1. The maximum atomic E-state index is 10.8. The van der Waals surface area contributed by atoms with E-state index in [9.17, 15) is 5.11 Å². The molecule has 1 aromatic carbocycles. The Labute approximate surface area is 124 Å². The Morgan fingerprint density at radius 3 is 3.00 bits per heavy atom. The quantitative estimate of drug-likeness (QED) is 0.894. The number of hydrogen-bond donors (Lipinski definition) is 2. The lowest BCUT2D eigenvalue weighted by atomic mass is 9.74. The summed E-state index contributed by atoms with van der Waals surface area (Å²) >= 11 is 0. The lowest BCUT2D eigenvalue weighted by molar-refractivity contribution is -0.0162. The third-order valence-corrected chi connectivity index (χ3v) is 4.31. The van der Waals surface area contributed by atoms with Gasteiger partial charge in [-0.1, -0.05) is 18.2 Å². The first-order valence-electron chi connectivity index (χ1n) is 7.30. The molecule has 3 N–H and O–H groups in total. The zero-order chi connectivity index (χ0) is 14.9. The van der Waals surface area contributed by atoms with Crippen LogP contribution < -0.4 is 10.5 Å². The number of ether oxygens (including phenoxy) is 1. The molecule has 0 radical (unpaired) electrons. The van der Waals surface area contributed by atoms with Crippen LogP contribution in [0, 0.1) is 5.41 Å². The second-order valence-corrected chi connectivity index (χ2v) is 5.67. The van der Waals surface area contributed by atoms with E-state index >= 15 is 0 Å². The molecule has 2 aromatic rings. The number of aliphatic hydroxyl groups excluding tert-OH is 1. The second kappa shape index (κ2) is 5.50. The Morgan fingerprint density at radius 1 is 1.48 bits per heavy atom. The number of aryl methyl sites for hydroxylation is 1. The molecule has 2 atom stereocenters. The van der Waals surface area contributed by atoms with Crippen molar-refractivity contribution in [2.24, 2.45) is 11.1 Å². The minimum Gasteiger partial charge on any atom is -0.493 e. The van der Waals surface area contributed by atoms with E-state index in [2.05, 4.69) is 5.10 Å². The molecule has 1 aliphatic heterocycles. The normalized spacial score (nSPS) is 22.4. The smallest absolute Gasteiger partial charge is 0.122 e. The van der Waals surface area contributed by atoms with E-state index in [1.807, 2.05) is 37.4 Å². The lowest BCUT2D eigenvalue weighted by Crippen LogP contribution is -2.46. The average molecular weight is 287 g/mol. The van der Waals surface area contributed by atoms with Crippen LogP contribution in [0.15, 0.2) is 36.7 Å². The van der Waals surface area contributed by atoms with Crippen LogP contribution in [-0.4, -0.2) is 28.0 Å². The Bertz CT molecular complexity index is 625. The number of benzene rings is 1. The number of aromatic nitrogens is 2. The molecule has 1 aromatic heterocycles. The molecular formula is C16H21N3O2. The fourth-order valence-electron chi connectivity index (χ4n) is 2.91. The zero-order valence-electron chi connectivity index (χ0n) is 12.2. The summed E-state index contributed by atoms with van der Waals surface area (Å²) < 4.78 is 7.64. The van der Waals surface area contributed by atoms with Gasteiger partial charge in [0, 0.05) is 24.8 Å². The van der Waals surface area contributed by atoms with Crippen LogP contribution in [0.5, 0.6) is 5.75 Å². The number of hydrogen-bond acceptors (Lipinski definition) is 4. The van der Waals surface area contributed by atoms with Crippen molar-refractivity contribution in [3.05, 3.63) is 47.8 Å². The standard InChI is InChI=1S/C16H21N3O2/c1-2-19-9-13(8-18-19)15(20)16(10-17)7-12-5-3-4-6-14(12)21-11-16/h3-6,8-9,15,20H,2,7,10-11,17H2,1H3. The third-order valence-electron chi connectivity index (χ3n) is 4.31. The molecule has 0 amide bonds. The fraction of sp³-hybridized carbons (Fsp3) is 0.438. The molecule has 0 bridgehead atoms. The first-order valence-corrected chi connectivity index (χ1v) is 7.30. The molecular weight excluding hydrogens is 266 g/mol. The van der Waals surface area contributed by atoms with Crippen molar-refractivity contribution in [1.29, 1.82) is 0 Å². The summed E-state index contributed by atoms with van der Waals surface area (Å²) in [6, 6.07) is 7.92. The molecule has 21 heavy (non-hydrogen) atoms. The highest BCUT2D eigenvalue weighted by Gasteiger charge is 2.42. The van der Waals surface area contributed by atoms with Crippen molar-refractivity contribution in [3.8, 4) is 5.75 Å². The highest BCUT2D eigenvalue weighted by molar-refractivity contribution is 5.37. The van der Waals surface area contributed by atoms with Crippen LogP contribution >= 0.6 is 0 Å². The number of para-hydroxylation sites is 1. The molecule has 0 fully saturated rings. The van der Waals surface area contributed by atoms with Gasteiger partial charge in [0.25, 0.3) is 0 Å². The first-order chi connectivity index (χ1) is 10.2. The van der Waals surface area contributed by atoms with Gasteiger partial charge in [-0.2, -0.15) is 5.10 Å². The molecule has 0 saturated heterocycles. The molecule has 1 aliphatic rings. The zero-order valence-corrected chi connectivity index (χ0v) is 12.2. The molecule has 3 rings (SSSR count). The monoisotopic (exact) mass is 287 g/mol. The Morgan fingerprint density at radius 2 is 2.29 bits per heavy atom. The van der Waals surface area contributed by atoms with Crippen molar-refractivity contribution in [3.63, 3.8) is 0 Å². The fourth-order valence-corrected chi connectivity index (χ4v) is 2.91. The summed E-state index contributed by atoms with van der Waals surface area (Å²) in [6.07, 6.45) is 3.61. The van der Waals surface area contributed by atoms with Gasteiger partial charge in [-0.15, -0.1) is 0 Å². The van der Waals surface area contributed by atoms with Crippen LogP contribution in [0.3, 0.4) is 0 Å². The molecule has 2 unspecified atom stereocenters. The van der Waals surface area contributed by atoms with Crippen molar-refractivity contribution in [1.82, 2.24) is 9.78 Å².